The van der Waals surface area contributed by atoms with Gasteiger partial charge in [0.25, 0.3) is 5.91 Å². The first-order valence-corrected chi connectivity index (χ1v) is 10.3. The molecule has 1 amide bonds. The van der Waals surface area contributed by atoms with Crippen molar-refractivity contribution in [3.05, 3.63) is 93.3 Å². The Hall–Kier alpha value is -3.00. The summed E-state index contributed by atoms with van der Waals surface area (Å²) in [5.74, 6) is 0.636. The number of rotatable bonds is 7. The molecule has 4 rings (SSSR count). The average Bonchev–Trinajstić information content (AvgIpc) is 3.38. The normalized spacial score (nSPS) is 10.8. The molecule has 2 aromatic heterocycles. The van der Waals surface area contributed by atoms with Crippen LogP contribution < -0.4 is 10.1 Å². The smallest absolute Gasteiger partial charge is 0.277 e. The summed E-state index contributed by atoms with van der Waals surface area (Å²) < 4.78 is 8.79. The Morgan fingerprint density at radius 2 is 1.74 bits per heavy atom. The highest BCUT2D eigenvalue weighted by molar-refractivity contribution is 6.35. The molecule has 0 spiro atoms. The van der Waals surface area contributed by atoms with Crippen molar-refractivity contribution in [1.29, 1.82) is 0 Å². The van der Waals surface area contributed by atoms with Crippen LogP contribution in [-0.4, -0.2) is 25.5 Å². The first kappa shape index (κ1) is 21.2. The molecule has 0 aliphatic carbocycles. The van der Waals surface area contributed by atoms with E-state index in [2.05, 4.69) is 15.5 Å². The molecule has 0 saturated carbocycles. The minimum atomic E-state index is -0.378. The van der Waals surface area contributed by atoms with Crippen LogP contribution in [0, 0.1) is 0 Å². The molecule has 31 heavy (non-hydrogen) atoms. The molecule has 0 fully saturated rings. The lowest BCUT2D eigenvalue weighted by atomic mass is 10.2. The molecule has 0 atom stereocenters. The molecule has 7 nitrogen and oxygen atoms in total. The lowest BCUT2D eigenvalue weighted by Crippen LogP contribution is -2.15. The van der Waals surface area contributed by atoms with E-state index in [-0.39, 0.29) is 18.3 Å². The van der Waals surface area contributed by atoms with Gasteiger partial charge in [0.15, 0.2) is 18.2 Å². The van der Waals surface area contributed by atoms with E-state index in [4.69, 9.17) is 39.5 Å². The highest BCUT2D eigenvalue weighted by Crippen LogP contribution is 2.22. The van der Waals surface area contributed by atoms with Crippen molar-refractivity contribution in [2.24, 2.45) is 0 Å². The first-order valence-electron chi connectivity index (χ1n) is 9.17. The molecule has 1 N–H and O–H groups in total. The predicted molar refractivity (Wildman–Crippen MR) is 120 cm³/mol. The van der Waals surface area contributed by atoms with Crippen LogP contribution in [0.3, 0.4) is 0 Å². The minimum Gasteiger partial charge on any atom is -0.471 e. The number of ether oxygens (including phenoxy) is 1. The largest absolute Gasteiger partial charge is 0.471 e. The molecule has 0 bridgehead atoms. The van der Waals surface area contributed by atoms with Gasteiger partial charge in [-0.25, -0.2) is 4.68 Å². The van der Waals surface area contributed by atoms with Gasteiger partial charge in [-0.1, -0.05) is 46.9 Å². The second-order valence-corrected chi connectivity index (χ2v) is 7.84. The van der Waals surface area contributed by atoms with Crippen molar-refractivity contribution >= 4 is 46.5 Å². The number of nitrogens with zero attached hydrogens (tertiary/aromatic N) is 4. The number of nitrogens with one attached hydrogen (secondary N) is 1. The number of amides is 1. The van der Waals surface area contributed by atoms with Crippen LogP contribution in [0.4, 0.5) is 5.82 Å². The Labute approximate surface area is 193 Å². The molecule has 0 aliphatic rings. The predicted octanol–water partition coefficient (Wildman–Crippen LogP) is 5.38. The molecule has 10 heteroatoms. The zero-order valence-electron chi connectivity index (χ0n) is 16.0. The lowest BCUT2D eigenvalue weighted by Gasteiger charge is -2.06. The van der Waals surface area contributed by atoms with Gasteiger partial charge >= 0.3 is 0 Å². The molecular formula is C21H16Cl3N5O2. The molecule has 4 aromatic rings. The summed E-state index contributed by atoms with van der Waals surface area (Å²) in [6.07, 6.45) is 3.40. The van der Waals surface area contributed by atoms with Gasteiger partial charge in [0.2, 0.25) is 0 Å². The van der Waals surface area contributed by atoms with Crippen LogP contribution in [0.2, 0.25) is 15.1 Å². The number of benzene rings is 2. The van der Waals surface area contributed by atoms with Gasteiger partial charge < -0.3 is 10.1 Å². The number of halogens is 3. The number of hydrogen-bond donors (Lipinski definition) is 1. The third kappa shape index (κ3) is 5.58. The van der Waals surface area contributed by atoms with Gasteiger partial charge in [-0.05, 0) is 42.0 Å². The van der Waals surface area contributed by atoms with E-state index in [1.165, 1.54) is 4.68 Å². The molecule has 158 valence electrons. The summed E-state index contributed by atoms with van der Waals surface area (Å²) in [6.45, 7) is 0.589. The van der Waals surface area contributed by atoms with Gasteiger partial charge in [-0.3, -0.25) is 9.48 Å². The van der Waals surface area contributed by atoms with E-state index in [1.54, 1.807) is 65.6 Å². The maximum Gasteiger partial charge on any atom is 0.277 e. The first-order chi connectivity index (χ1) is 15.0. The fourth-order valence-electron chi connectivity index (χ4n) is 2.77. The number of anilines is 1. The summed E-state index contributed by atoms with van der Waals surface area (Å²) in [7, 11) is 0. The summed E-state index contributed by atoms with van der Waals surface area (Å²) in [4.78, 5) is 12.5. The molecule has 0 aliphatic heterocycles. The Balaban J connectivity index is 1.34. The topological polar surface area (TPSA) is 74.0 Å². The van der Waals surface area contributed by atoms with E-state index in [0.29, 0.717) is 33.2 Å². The van der Waals surface area contributed by atoms with Gasteiger partial charge in [-0.2, -0.15) is 10.2 Å². The number of carbonyl (C=O) groups is 1. The lowest BCUT2D eigenvalue weighted by molar-refractivity contribution is 0.101. The number of carbonyl (C=O) groups excluding carboxylic acids is 1. The summed E-state index contributed by atoms with van der Waals surface area (Å²) in [6, 6.07) is 15.6. The van der Waals surface area contributed by atoms with Crippen molar-refractivity contribution in [1.82, 2.24) is 19.6 Å². The third-order valence-corrected chi connectivity index (χ3v) is 5.08. The standard InChI is InChI=1S/C21H16Cl3N5O2/c22-15-2-1-3-17(10-15)31-13-29-8-6-19(26-29)21(30)25-20-7-9-28(27-20)12-14-4-5-16(23)11-18(14)24/h1-11H,12-13H2,(H,25,27,30). The number of aromatic nitrogens is 4. The van der Waals surface area contributed by atoms with Gasteiger partial charge in [-0.15, -0.1) is 0 Å². The van der Waals surface area contributed by atoms with Crippen molar-refractivity contribution in [2.75, 3.05) is 5.32 Å². The van der Waals surface area contributed by atoms with E-state index in [0.717, 1.165) is 5.56 Å². The van der Waals surface area contributed by atoms with Gasteiger partial charge in [0.05, 0.1) is 6.54 Å². The van der Waals surface area contributed by atoms with Gasteiger partial charge in [0.1, 0.15) is 5.75 Å². The molecule has 0 saturated heterocycles. The average molecular weight is 477 g/mol. The van der Waals surface area contributed by atoms with Crippen LogP contribution in [-0.2, 0) is 13.3 Å². The van der Waals surface area contributed by atoms with Crippen molar-refractivity contribution in [3.8, 4) is 5.75 Å². The van der Waals surface area contributed by atoms with Crippen LogP contribution in [0.5, 0.6) is 5.75 Å². The zero-order chi connectivity index (χ0) is 21.8. The van der Waals surface area contributed by atoms with Crippen LogP contribution >= 0.6 is 34.8 Å². The third-order valence-electron chi connectivity index (χ3n) is 4.26. The van der Waals surface area contributed by atoms with Crippen molar-refractivity contribution in [2.45, 2.75) is 13.3 Å². The highest BCUT2D eigenvalue weighted by Gasteiger charge is 2.12. The van der Waals surface area contributed by atoms with E-state index in [1.807, 2.05) is 6.07 Å². The summed E-state index contributed by atoms with van der Waals surface area (Å²) in [5.41, 5.74) is 1.11. The molecule has 0 unspecified atom stereocenters. The van der Waals surface area contributed by atoms with Crippen molar-refractivity contribution in [3.63, 3.8) is 0 Å². The Kier molecular flexibility index (Phi) is 6.46. The maximum atomic E-state index is 12.5. The highest BCUT2D eigenvalue weighted by atomic mass is 35.5. The molecule has 2 aromatic carbocycles. The maximum absolute atomic E-state index is 12.5. The quantitative estimate of drug-likeness (QED) is 0.389. The van der Waals surface area contributed by atoms with E-state index >= 15 is 0 Å². The molecule has 0 radical (unpaired) electrons. The zero-order valence-corrected chi connectivity index (χ0v) is 18.3. The van der Waals surface area contributed by atoms with E-state index in [9.17, 15) is 4.79 Å². The monoisotopic (exact) mass is 475 g/mol. The fourth-order valence-corrected chi connectivity index (χ4v) is 3.42. The minimum absolute atomic E-state index is 0.143. The summed E-state index contributed by atoms with van der Waals surface area (Å²) >= 11 is 18.1. The van der Waals surface area contributed by atoms with Crippen LogP contribution in [0.25, 0.3) is 0 Å². The van der Waals surface area contributed by atoms with Crippen LogP contribution in [0.15, 0.2) is 67.0 Å². The summed E-state index contributed by atoms with van der Waals surface area (Å²) in [5, 5.41) is 13.0. The fraction of sp³-hybridized carbons (Fsp3) is 0.0952. The molecule has 2 heterocycles. The Morgan fingerprint density at radius 3 is 2.55 bits per heavy atom. The Morgan fingerprint density at radius 1 is 0.935 bits per heavy atom. The van der Waals surface area contributed by atoms with E-state index < -0.39 is 0 Å². The van der Waals surface area contributed by atoms with Crippen molar-refractivity contribution < 1.29 is 9.53 Å². The van der Waals surface area contributed by atoms with Crippen LogP contribution in [0.1, 0.15) is 16.1 Å². The SMILES string of the molecule is O=C(Nc1ccn(Cc2ccc(Cl)cc2Cl)n1)c1ccn(COc2cccc(Cl)c2)n1. The second-order valence-electron chi connectivity index (χ2n) is 6.56. The Bertz CT molecular complexity index is 1220. The second kappa shape index (κ2) is 9.43. The molecular weight excluding hydrogens is 461 g/mol. The number of hydrogen-bond acceptors (Lipinski definition) is 4. The van der Waals surface area contributed by atoms with Gasteiger partial charge in [0, 0.05) is 33.5 Å².